The highest BCUT2D eigenvalue weighted by molar-refractivity contribution is 5.36. The number of benzene rings is 1. The van der Waals surface area contributed by atoms with E-state index in [-0.39, 0.29) is 11.9 Å². The van der Waals surface area contributed by atoms with Gasteiger partial charge in [-0.3, -0.25) is 0 Å². The number of aryl methyl sites for hydroxylation is 1. The first-order valence-electron chi connectivity index (χ1n) is 7.68. The molecule has 1 fully saturated rings. The second-order valence-corrected chi connectivity index (χ2v) is 5.85. The molecule has 1 aromatic carbocycles. The second kappa shape index (κ2) is 7.12. The zero-order chi connectivity index (χ0) is 16.2. The summed E-state index contributed by atoms with van der Waals surface area (Å²) in [5.41, 5.74) is 1.31. The molecule has 2 aromatic rings. The van der Waals surface area contributed by atoms with E-state index in [2.05, 4.69) is 32.8 Å². The van der Waals surface area contributed by atoms with Gasteiger partial charge in [0.05, 0.1) is 19.3 Å². The minimum Gasteiger partial charge on any atom is -0.374 e. The van der Waals surface area contributed by atoms with Crippen molar-refractivity contribution < 1.29 is 9.13 Å². The second-order valence-electron chi connectivity index (χ2n) is 5.85. The molecule has 0 radical (unpaired) electrons. The van der Waals surface area contributed by atoms with Crippen LogP contribution in [0.4, 0.5) is 4.39 Å². The Morgan fingerprint density at radius 2 is 2.30 bits per heavy atom. The van der Waals surface area contributed by atoms with E-state index in [9.17, 15) is 4.39 Å². The highest BCUT2D eigenvalue weighted by Gasteiger charge is 2.18. The van der Waals surface area contributed by atoms with Gasteiger partial charge >= 0.3 is 0 Å². The zero-order valence-electron chi connectivity index (χ0n) is 13.4. The maximum Gasteiger partial charge on any atom is 0.170 e. The Hall–Kier alpha value is -1.90. The summed E-state index contributed by atoms with van der Waals surface area (Å²) in [5, 5.41) is 14.8. The van der Waals surface area contributed by atoms with Crippen molar-refractivity contribution in [1.82, 2.24) is 30.4 Å². The predicted molar refractivity (Wildman–Crippen MR) is 82.8 cm³/mol. The van der Waals surface area contributed by atoms with Gasteiger partial charge in [0.25, 0.3) is 0 Å². The third-order valence-corrected chi connectivity index (χ3v) is 3.86. The summed E-state index contributed by atoms with van der Waals surface area (Å²) in [5.74, 6) is 0.222. The number of nitrogens with one attached hydrogen (secondary N) is 1. The van der Waals surface area contributed by atoms with Crippen LogP contribution in [0.5, 0.6) is 0 Å². The third kappa shape index (κ3) is 3.90. The molecule has 0 amide bonds. The normalized spacial score (nSPS) is 19.2. The van der Waals surface area contributed by atoms with Crippen molar-refractivity contribution in [3.05, 3.63) is 35.4 Å². The molecule has 0 spiro atoms. The van der Waals surface area contributed by atoms with Crippen LogP contribution in [0.2, 0.25) is 0 Å². The molecule has 8 heteroatoms. The molecular weight excluding hydrogens is 299 g/mol. The van der Waals surface area contributed by atoms with Crippen molar-refractivity contribution in [2.75, 3.05) is 33.3 Å². The topological polar surface area (TPSA) is 68.1 Å². The summed E-state index contributed by atoms with van der Waals surface area (Å²) in [6.07, 6.45) is 0.147. The van der Waals surface area contributed by atoms with Crippen LogP contribution in [0.15, 0.2) is 18.2 Å². The predicted octanol–water partition coefficient (Wildman–Crippen LogP) is 0.530. The van der Waals surface area contributed by atoms with Crippen molar-refractivity contribution in [3.63, 3.8) is 0 Å². The number of rotatable bonds is 5. The molecular formula is C15H21FN6O. The summed E-state index contributed by atoms with van der Waals surface area (Å²) in [6.45, 7) is 5.65. The van der Waals surface area contributed by atoms with Crippen molar-refractivity contribution >= 4 is 0 Å². The number of hydrogen-bond donors (Lipinski definition) is 1. The highest BCUT2D eigenvalue weighted by atomic mass is 19.1. The molecule has 1 aliphatic rings. The number of aromatic nitrogens is 4. The lowest BCUT2D eigenvalue weighted by atomic mass is 10.2. The fraction of sp³-hybridized carbons (Fsp3) is 0.533. The van der Waals surface area contributed by atoms with Gasteiger partial charge in [-0.15, -0.1) is 5.10 Å². The van der Waals surface area contributed by atoms with Crippen LogP contribution in [0.3, 0.4) is 0 Å². The smallest absolute Gasteiger partial charge is 0.170 e. The van der Waals surface area contributed by atoms with Gasteiger partial charge in [0.2, 0.25) is 0 Å². The highest BCUT2D eigenvalue weighted by Crippen LogP contribution is 2.15. The number of hydrogen-bond acceptors (Lipinski definition) is 6. The molecule has 124 valence electrons. The van der Waals surface area contributed by atoms with E-state index >= 15 is 0 Å². The van der Waals surface area contributed by atoms with Gasteiger partial charge in [-0.1, -0.05) is 6.07 Å². The summed E-state index contributed by atoms with van der Waals surface area (Å²) >= 11 is 0. The number of tetrazole rings is 1. The standard InChI is InChI=1S/C15H21FN6O/c1-11-3-4-13(16)14(7-11)22-15(18-19-20-22)9-17-8-12-10-21(2)5-6-23-12/h3-4,7,12,17H,5-6,8-10H2,1-2H3/t12-/m0/s1. The largest absolute Gasteiger partial charge is 0.374 e. The van der Waals surface area contributed by atoms with Crippen LogP contribution in [-0.2, 0) is 11.3 Å². The molecule has 1 saturated heterocycles. The van der Waals surface area contributed by atoms with Gasteiger partial charge < -0.3 is 15.0 Å². The van der Waals surface area contributed by atoms with Crippen LogP contribution in [0.25, 0.3) is 5.69 Å². The van der Waals surface area contributed by atoms with Crippen molar-refractivity contribution in [2.24, 2.45) is 0 Å². The van der Waals surface area contributed by atoms with E-state index in [0.29, 0.717) is 24.6 Å². The Morgan fingerprint density at radius 1 is 1.43 bits per heavy atom. The number of ether oxygens (including phenoxy) is 1. The Balaban J connectivity index is 1.63. The van der Waals surface area contributed by atoms with Gasteiger partial charge in [0.15, 0.2) is 5.82 Å². The maximum absolute atomic E-state index is 14.0. The monoisotopic (exact) mass is 320 g/mol. The first-order valence-corrected chi connectivity index (χ1v) is 7.68. The lowest BCUT2D eigenvalue weighted by Crippen LogP contribution is -2.44. The van der Waals surface area contributed by atoms with Gasteiger partial charge in [-0.25, -0.2) is 4.39 Å². The number of morpholine rings is 1. The Labute approximate surface area is 134 Å². The Kier molecular flexibility index (Phi) is 4.94. The molecule has 0 saturated carbocycles. The molecule has 7 nitrogen and oxygen atoms in total. The van der Waals surface area contributed by atoms with Crippen LogP contribution in [-0.4, -0.2) is 64.5 Å². The molecule has 1 aromatic heterocycles. The Bertz CT molecular complexity index is 661. The molecule has 1 atom stereocenters. The van der Waals surface area contributed by atoms with Gasteiger partial charge in [-0.05, 0) is 42.1 Å². The molecule has 0 unspecified atom stereocenters. The number of likely N-dealkylation sites (N-methyl/N-ethyl adjacent to an activating group) is 1. The minimum absolute atomic E-state index is 0.147. The van der Waals surface area contributed by atoms with E-state index in [4.69, 9.17) is 4.74 Å². The third-order valence-electron chi connectivity index (χ3n) is 3.86. The van der Waals surface area contributed by atoms with Crippen molar-refractivity contribution in [1.29, 1.82) is 0 Å². The van der Waals surface area contributed by atoms with E-state index in [1.165, 1.54) is 10.7 Å². The first-order chi connectivity index (χ1) is 11.1. The van der Waals surface area contributed by atoms with Gasteiger partial charge in [0.1, 0.15) is 11.5 Å². The first kappa shape index (κ1) is 16.0. The van der Waals surface area contributed by atoms with E-state index < -0.39 is 0 Å². The van der Waals surface area contributed by atoms with Crippen molar-refractivity contribution in [2.45, 2.75) is 19.6 Å². The molecule has 3 rings (SSSR count). The van der Waals surface area contributed by atoms with Crippen molar-refractivity contribution in [3.8, 4) is 5.69 Å². The Morgan fingerprint density at radius 3 is 3.13 bits per heavy atom. The SMILES string of the molecule is Cc1ccc(F)c(-n2nnnc2CNC[C@H]2CN(C)CCO2)c1. The zero-order valence-corrected chi connectivity index (χ0v) is 13.4. The fourth-order valence-corrected chi connectivity index (χ4v) is 2.62. The summed E-state index contributed by atoms with van der Waals surface area (Å²) < 4.78 is 21.1. The lowest BCUT2D eigenvalue weighted by molar-refractivity contribution is -0.0183. The van der Waals surface area contributed by atoms with Crippen LogP contribution < -0.4 is 5.32 Å². The average molecular weight is 320 g/mol. The molecule has 0 bridgehead atoms. The molecule has 1 N–H and O–H groups in total. The molecule has 23 heavy (non-hydrogen) atoms. The quantitative estimate of drug-likeness (QED) is 0.867. The molecule has 0 aliphatic carbocycles. The van der Waals surface area contributed by atoms with E-state index in [1.54, 1.807) is 12.1 Å². The van der Waals surface area contributed by atoms with Crippen LogP contribution in [0.1, 0.15) is 11.4 Å². The lowest BCUT2D eigenvalue weighted by Gasteiger charge is -2.30. The molecule has 2 heterocycles. The van der Waals surface area contributed by atoms with Crippen LogP contribution >= 0.6 is 0 Å². The maximum atomic E-state index is 14.0. The molecule has 1 aliphatic heterocycles. The number of nitrogens with zero attached hydrogens (tertiary/aromatic N) is 5. The van der Waals surface area contributed by atoms with Gasteiger partial charge in [0, 0.05) is 19.6 Å². The fourth-order valence-electron chi connectivity index (χ4n) is 2.62. The summed E-state index contributed by atoms with van der Waals surface area (Å²) in [7, 11) is 2.08. The van der Waals surface area contributed by atoms with Gasteiger partial charge in [-0.2, -0.15) is 4.68 Å². The average Bonchev–Trinajstić information content (AvgIpc) is 2.98. The van der Waals surface area contributed by atoms with E-state index in [1.807, 2.05) is 6.92 Å². The minimum atomic E-state index is -0.346. The van der Waals surface area contributed by atoms with Crippen LogP contribution in [0, 0.1) is 12.7 Å². The number of halogens is 1. The van der Waals surface area contributed by atoms with E-state index in [0.717, 1.165) is 25.3 Å². The summed E-state index contributed by atoms with van der Waals surface area (Å²) in [6, 6.07) is 4.88. The summed E-state index contributed by atoms with van der Waals surface area (Å²) in [4.78, 5) is 2.24.